The largest absolute Gasteiger partial charge is 0.493 e. The fraction of sp³-hybridized carbons (Fsp3) is 0.429. The van der Waals surface area contributed by atoms with Gasteiger partial charge in [-0.3, -0.25) is 0 Å². The molecular weight excluding hydrogens is 258 g/mol. The van der Waals surface area contributed by atoms with Gasteiger partial charge in [-0.15, -0.1) is 0 Å². The Morgan fingerprint density at radius 3 is 3.10 bits per heavy atom. The van der Waals surface area contributed by atoms with Crippen LogP contribution in [-0.4, -0.2) is 30.4 Å². The monoisotopic (exact) mass is 275 g/mol. The van der Waals surface area contributed by atoms with Crippen LogP contribution in [0.3, 0.4) is 0 Å². The summed E-state index contributed by atoms with van der Waals surface area (Å²) in [5.41, 5.74) is 6.75. The van der Waals surface area contributed by atoms with E-state index < -0.39 is 0 Å². The molecule has 2 N–H and O–H groups in total. The van der Waals surface area contributed by atoms with Crippen molar-refractivity contribution in [2.75, 3.05) is 20.3 Å². The van der Waals surface area contributed by atoms with Gasteiger partial charge in [0, 0.05) is 13.7 Å². The molecule has 3 rings (SSSR count). The molecule has 2 unspecified atom stereocenters. The zero-order chi connectivity index (χ0) is 13.9. The maximum absolute atomic E-state index is 5.74. The molecule has 0 spiro atoms. The van der Waals surface area contributed by atoms with Gasteiger partial charge in [0.25, 0.3) is 5.89 Å². The average molecular weight is 275 g/mol. The van der Waals surface area contributed by atoms with Crippen LogP contribution >= 0.6 is 0 Å². The van der Waals surface area contributed by atoms with Crippen LogP contribution in [-0.2, 0) is 11.2 Å². The predicted molar refractivity (Wildman–Crippen MR) is 71.5 cm³/mol. The number of aromatic nitrogens is 2. The predicted octanol–water partition coefficient (Wildman–Crippen LogP) is 1.43. The molecular formula is C14H17N3O3. The number of hydrogen-bond acceptors (Lipinski definition) is 6. The van der Waals surface area contributed by atoms with Gasteiger partial charge in [0.15, 0.2) is 5.82 Å². The first-order valence-electron chi connectivity index (χ1n) is 6.59. The minimum atomic E-state index is -0.354. The Kier molecular flexibility index (Phi) is 3.66. The smallest absolute Gasteiger partial charge is 0.257 e. The van der Waals surface area contributed by atoms with Crippen LogP contribution in [0.4, 0.5) is 0 Å². The van der Waals surface area contributed by atoms with Gasteiger partial charge in [-0.25, -0.2) is 0 Å². The molecule has 0 amide bonds. The number of nitrogens with zero attached hydrogens (tertiary/aromatic N) is 2. The van der Waals surface area contributed by atoms with Crippen LogP contribution < -0.4 is 10.5 Å². The third kappa shape index (κ3) is 2.39. The molecule has 1 aliphatic heterocycles. The van der Waals surface area contributed by atoms with E-state index in [-0.39, 0.29) is 12.0 Å². The Morgan fingerprint density at radius 1 is 1.45 bits per heavy atom. The minimum Gasteiger partial charge on any atom is -0.493 e. The molecule has 2 aromatic rings. The summed E-state index contributed by atoms with van der Waals surface area (Å²) in [7, 11) is 1.57. The van der Waals surface area contributed by atoms with Crippen LogP contribution in [0.15, 0.2) is 28.8 Å². The molecule has 0 bridgehead atoms. The Hall–Kier alpha value is -1.92. The van der Waals surface area contributed by atoms with E-state index in [0.717, 1.165) is 17.7 Å². The van der Waals surface area contributed by atoms with Crippen molar-refractivity contribution in [1.29, 1.82) is 0 Å². The van der Waals surface area contributed by atoms with E-state index in [1.807, 2.05) is 18.2 Å². The molecule has 1 aromatic heterocycles. The van der Waals surface area contributed by atoms with Crippen LogP contribution in [0.2, 0.25) is 0 Å². The highest BCUT2D eigenvalue weighted by Crippen LogP contribution is 2.31. The van der Waals surface area contributed by atoms with E-state index in [1.54, 1.807) is 7.11 Å². The van der Waals surface area contributed by atoms with E-state index in [9.17, 15) is 0 Å². The Morgan fingerprint density at radius 2 is 2.30 bits per heavy atom. The molecule has 0 saturated carbocycles. The molecule has 2 atom stereocenters. The highest BCUT2D eigenvalue weighted by molar-refractivity contribution is 5.36. The van der Waals surface area contributed by atoms with Crippen LogP contribution in [0.25, 0.3) is 0 Å². The number of rotatable bonds is 4. The van der Waals surface area contributed by atoms with Crippen LogP contribution in [0.1, 0.15) is 29.3 Å². The normalized spacial score (nSPS) is 19.2. The maximum atomic E-state index is 5.74. The number of benzene rings is 1. The van der Waals surface area contributed by atoms with Crippen LogP contribution in [0.5, 0.6) is 5.75 Å². The fourth-order valence-electron chi connectivity index (χ4n) is 2.34. The van der Waals surface area contributed by atoms with Gasteiger partial charge in [-0.1, -0.05) is 23.4 Å². The topological polar surface area (TPSA) is 83.4 Å². The zero-order valence-electron chi connectivity index (χ0n) is 11.3. The molecule has 0 fully saturated rings. The van der Waals surface area contributed by atoms with Crippen molar-refractivity contribution in [1.82, 2.24) is 10.1 Å². The van der Waals surface area contributed by atoms with Crippen molar-refractivity contribution in [2.45, 2.75) is 18.4 Å². The first-order chi connectivity index (χ1) is 9.81. The number of fused-ring (bicyclic) bond motifs is 1. The van der Waals surface area contributed by atoms with E-state index in [0.29, 0.717) is 24.9 Å². The average Bonchev–Trinajstić information content (AvgIpc) is 2.98. The standard InChI is InChI=1S/C14H17N3O3/c1-18-12(7-15)14-16-13(17-20-14)10-6-9-4-2-3-5-11(9)19-8-10/h2-5,10,12H,6-8,15H2,1H3. The lowest BCUT2D eigenvalue weighted by Gasteiger charge is -2.22. The van der Waals surface area contributed by atoms with Gasteiger partial charge in [-0.05, 0) is 18.1 Å². The molecule has 20 heavy (non-hydrogen) atoms. The first kappa shape index (κ1) is 13.1. The third-order valence-electron chi connectivity index (χ3n) is 3.48. The second-order valence-corrected chi connectivity index (χ2v) is 4.77. The quantitative estimate of drug-likeness (QED) is 0.909. The van der Waals surface area contributed by atoms with Crippen molar-refractivity contribution in [3.63, 3.8) is 0 Å². The summed E-state index contributed by atoms with van der Waals surface area (Å²) in [6, 6.07) is 8.00. The summed E-state index contributed by atoms with van der Waals surface area (Å²) in [6.07, 6.45) is 0.489. The lowest BCUT2D eigenvalue weighted by Crippen LogP contribution is -2.20. The molecule has 6 nitrogen and oxygen atoms in total. The second kappa shape index (κ2) is 5.60. The van der Waals surface area contributed by atoms with E-state index in [4.69, 9.17) is 19.7 Å². The van der Waals surface area contributed by atoms with Gasteiger partial charge in [0.05, 0.1) is 12.5 Å². The molecule has 2 heterocycles. The van der Waals surface area contributed by atoms with Gasteiger partial charge in [0.2, 0.25) is 0 Å². The number of para-hydroxylation sites is 1. The van der Waals surface area contributed by atoms with Gasteiger partial charge < -0.3 is 19.7 Å². The van der Waals surface area contributed by atoms with Gasteiger partial charge in [0.1, 0.15) is 11.9 Å². The van der Waals surface area contributed by atoms with Crippen molar-refractivity contribution < 1.29 is 14.0 Å². The summed E-state index contributed by atoms with van der Waals surface area (Å²) in [5, 5.41) is 4.03. The molecule has 0 aliphatic carbocycles. The first-order valence-corrected chi connectivity index (χ1v) is 6.59. The Labute approximate surface area is 116 Å². The molecule has 1 aliphatic rings. The summed E-state index contributed by atoms with van der Waals surface area (Å²) in [4.78, 5) is 4.39. The molecule has 6 heteroatoms. The summed E-state index contributed by atoms with van der Waals surface area (Å²) in [5.74, 6) is 2.09. The van der Waals surface area contributed by atoms with Gasteiger partial charge >= 0.3 is 0 Å². The van der Waals surface area contributed by atoms with Crippen molar-refractivity contribution in [3.8, 4) is 5.75 Å². The number of methoxy groups -OCH3 is 1. The number of hydrogen-bond donors (Lipinski definition) is 1. The second-order valence-electron chi connectivity index (χ2n) is 4.77. The number of nitrogens with two attached hydrogens (primary N) is 1. The number of ether oxygens (including phenoxy) is 2. The zero-order valence-corrected chi connectivity index (χ0v) is 11.3. The van der Waals surface area contributed by atoms with E-state index >= 15 is 0 Å². The summed E-state index contributed by atoms with van der Waals surface area (Å²) in [6.45, 7) is 0.860. The summed E-state index contributed by atoms with van der Waals surface area (Å²) >= 11 is 0. The van der Waals surface area contributed by atoms with Crippen LogP contribution in [0, 0.1) is 0 Å². The minimum absolute atomic E-state index is 0.0951. The van der Waals surface area contributed by atoms with E-state index in [1.165, 1.54) is 0 Å². The maximum Gasteiger partial charge on any atom is 0.257 e. The Bertz CT molecular complexity index is 581. The SMILES string of the molecule is COC(CN)c1nc(C2COc3ccccc3C2)no1. The lowest BCUT2D eigenvalue weighted by atomic mass is 9.96. The van der Waals surface area contributed by atoms with E-state index in [2.05, 4.69) is 16.2 Å². The highest BCUT2D eigenvalue weighted by Gasteiger charge is 2.27. The molecule has 106 valence electrons. The third-order valence-corrected chi connectivity index (χ3v) is 3.48. The molecule has 1 aromatic carbocycles. The fourth-order valence-corrected chi connectivity index (χ4v) is 2.34. The highest BCUT2D eigenvalue weighted by atomic mass is 16.5. The van der Waals surface area contributed by atoms with Crippen molar-refractivity contribution >= 4 is 0 Å². The summed E-state index contributed by atoms with van der Waals surface area (Å²) < 4.78 is 16.2. The molecule has 0 saturated heterocycles. The lowest BCUT2D eigenvalue weighted by molar-refractivity contribution is 0.0803. The molecule has 0 radical (unpaired) electrons. The van der Waals surface area contributed by atoms with Crippen molar-refractivity contribution in [2.24, 2.45) is 5.73 Å². The van der Waals surface area contributed by atoms with Gasteiger partial charge in [-0.2, -0.15) is 4.98 Å². The Balaban J connectivity index is 1.78. The van der Waals surface area contributed by atoms with Crippen molar-refractivity contribution in [3.05, 3.63) is 41.5 Å².